The molecule has 0 atom stereocenters. The quantitative estimate of drug-likeness (QED) is 0.410. The van der Waals surface area contributed by atoms with E-state index < -0.39 is 29.4 Å². The molecule has 0 unspecified atom stereocenters. The Bertz CT molecular complexity index is 385. The SMILES string of the molecule is C=CC(=O)NC(CCC(=O)O)(CCC(=O)O)CCC(=O)O. The van der Waals surface area contributed by atoms with Crippen LogP contribution in [0.1, 0.15) is 38.5 Å². The summed E-state index contributed by atoms with van der Waals surface area (Å²) in [6.07, 6.45) is -0.117. The Morgan fingerprint density at radius 2 is 1.19 bits per heavy atom. The van der Waals surface area contributed by atoms with Gasteiger partial charge in [0.05, 0.1) is 0 Å². The predicted octanol–water partition coefficient (Wildman–Crippen LogP) is 0.622. The van der Waals surface area contributed by atoms with Crippen molar-refractivity contribution in [1.82, 2.24) is 5.32 Å². The summed E-state index contributed by atoms with van der Waals surface area (Å²) in [6, 6.07) is 0. The molecule has 0 saturated carbocycles. The van der Waals surface area contributed by atoms with Gasteiger partial charge in [-0.3, -0.25) is 19.2 Å². The van der Waals surface area contributed by atoms with Gasteiger partial charge in [0.15, 0.2) is 0 Å². The molecule has 8 heteroatoms. The number of carbonyl (C=O) groups excluding carboxylic acids is 1. The fourth-order valence-corrected chi connectivity index (χ4v) is 1.91. The summed E-state index contributed by atoms with van der Waals surface area (Å²) in [6.45, 7) is 3.27. The van der Waals surface area contributed by atoms with Gasteiger partial charge < -0.3 is 20.6 Å². The van der Waals surface area contributed by atoms with E-state index in [1.54, 1.807) is 0 Å². The second-order valence-corrected chi connectivity index (χ2v) is 4.65. The van der Waals surface area contributed by atoms with E-state index in [0.717, 1.165) is 6.08 Å². The van der Waals surface area contributed by atoms with Gasteiger partial charge in [0.2, 0.25) is 5.91 Å². The van der Waals surface area contributed by atoms with Crippen molar-refractivity contribution in [2.75, 3.05) is 0 Å². The fraction of sp³-hybridized carbons (Fsp3) is 0.538. The smallest absolute Gasteiger partial charge is 0.303 e. The first-order valence-corrected chi connectivity index (χ1v) is 6.31. The summed E-state index contributed by atoms with van der Waals surface area (Å²) in [5, 5.41) is 28.8. The molecular formula is C13H19NO7. The van der Waals surface area contributed by atoms with Crippen LogP contribution in [0.5, 0.6) is 0 Å². The standard InChI is InChI=1S/C13H19NO7/c1-2-9(15)14-13(6-3-10(16)17,7-4-11(18)19)8-5-12(20)21/h2H,1,3-8H2,(H,14,15)(H,16,17)(H,18,19)(H,20,21). The van der Waals surface area contributed by atoms with E-state index in [1.807, 2.05) is 0 Å². The summed E-state index contributed by atoms with van der Waals surface area (Å²) in [4.78, 5) is 43.6. The zero-order valence-corrected chi connectivity index (χ0v) is 11.5. The summed E-state index contributed by atoms with van der Waals surface area (Å²) < 4.78 is 0. The van der Waals surface area contributed by atoms with Crippen molar-refractivity contribution in [3.05, 3.63) is 12.7 Å². The lowest BCUT2D eigenvalue weighted by atomic mass is 9.83. The molecule has 0 aromatic rings. The second-order valence-electron chi connectivity index (χ2n) is 4.65. The zero-order chi connectivity index (χ0) is 16.5. The molecule has 4 N–H and O–H groups in total. The molecule has 0 rings (SSSR count). The van der Waals surface area contributed by atoms with Crippen LogP contribution >= 0.6 is 0 Å². The minimum Gasteiger partial charge on any atom is -0.481 e. The molecule has 0 aliphatic carbocycles. The third kappa shape index (κ3) is 8.40. The van der Waals surface area contributed by atoms with E-state index >= 15 is 0 Å². The second kappa shape index (κ2) is 8.72. The Labute approximate surface area is 121 Å². The maximum absolute atomic E-state index is 11.5. The first-order valence-electron chi connectivity index (χ1n) is 6.31. The Morgan fingerprint density at radius 3 is 1.43 bits per heavy atom. The molecule has 1 amide bonds. The van der Waals surface area contributed by atoms with Crippen molar-refractivity contribution in [3.63, 3.8) is 0 Å². The largest absolute Gasteiger partial charge is 0.481 e. The fourth-order valence-electron chi connectivity index (χ4n) is 1.91. The van der Waals surface area contributed by atoms with Crippen LogP contribution in [0.2, 0.25) is 0 Å². The summed E-state index contributed by atoms with van der Waals surface area (Å²) in [7, 11) is 0. The Hall–Kier alpha value is -2.38. The molecule has 0 aliphatic heterocycles. The van der Waals surface area contributed by atoms with E-state index in [1.165, 1.54) is 0 Å². The number of hydrogen-bond acceptors (Lipinski definition) is 4. The number of rotatable bonds is 11. The topological polar surface area (TPSA) is 141 Å². The lowest BCUT2D eigenvalue weighted by Gasteiger charge is -2.33. The van der Waals surface area contributed by atoms with Crippen LogP contribution in [0, 0.1) is 0 Å². The molecular weight excluding hydrogens is 282 g/mol. The van der Waals surface area contributed by atoms with Crippen LogP contribution < -0.4 is 5.32 Å². The van der Waals surface area contributed by atoms with Gasteiger partial charge in [-0.25, -0.2) is 0 Å². The van der Waals surface area contributed by atoms with E-state index in [4.69, 9.17) is 15.3 Å². The average molecular weight is 301 g/mol. The van der Waals surface area contributed by atoms with Gasteiger partial charge in [0.25, 0.3) is 0 Å². The van der Waals surface area contributed by atoms with Gasteiger partial charge in [-0.2, -0.15) is 0 Å². The number of carboxylic acids is 3. The number of nitrogens with one attached hydrogen (secondary N) is 1. The molecule has 0 heterocycles. The lowest BCUT2D eigenvalue weighted by Crippen LogP contribution is -2.49. The highest BCUT2D eigenvalue weighted by atomic mass is 16.4. The molecule has 0 bridgehead atoms. The number of carboxylic acid groups (broad SMARTS) is 3. The molecule has 0 fully saturated rings. The van der Waals surface area contributed by atoms with E-state index in [-0.39, 0.29) is 38.5 Å². The Morgan fingerprint density at radius 1 is 0.857 bits per heavy atom. The molecule has 0 aliphatic rings. The first-order chi connectivity index (χ1) is 9.70. The van der Waals surface area contributed by atoms with Gasteiger partial charge in [-0.1, -0.05) is 6.58 Å². The van der Waals surface area contributed by atoms with E-state index in [0.29, 0.717) is 0 Å². The van der Waals surface area contributed by atoms with E-state index in [2.05, 4.69) is 11.9 Å². The highest BCUT2D eigenvalue weighted by molar-refractivity contribution is 5.87. The number of aliphatic carboxylic acids is 3. The van der Waals surface area contributed by atoms with Crippen molar-refractivity contribution in [3.8, 4) is 0 Å². The third-order valence-corrected chi connectivity index (χ3v) is 3.03. The number of amides is 1. The van der Waals surface area contributed by atoms with Crippen LogP contribution in [0.3, 0.4) is 0 Å². The van der Waals surface area contributed by atoms with Gasteiger partial charge in [-0.05, 0) is 25.3 Å². The lowest BCUT2D eigenvalue weighted by molar-refractivity contribution is -0.138. The van der Waals surface area contributed by atoms with Crippen molar-refractivity contribution in [2.45, 2.75) is 44.1 Å². The van der Waals surface area contributed by atoms with Gasteiger partial charge >= 0.3 is 17.9 Å². The molecule has 0 radical (unpaired) electrons. The van der Waals surface area contributed by atoms with Gasteiger partial charge in [-0.15, -0.1) is 0 Å². The number of carbonyl (C=O) groups is 4. The van der Waals surface area contributed by atoms with Crippen molar-refractivity contribution in [1.29, 1.82) is 0 Å². The Balaban J connectivity index is 5.16. The molecule has 0 aromatic carbocycles. The first kappa shape index (κ1) is 18.6. The van der Waals surface area contributed by atoms with Crippen molar-refractivity contribution >= 4 is 23.8 Å². The van der Waals surface area contributed by atoms with Gasteiger partial charge in [0.1, 0.15) is 0 Å². The van der Waals surface area contributed by atoms with Crippen LogP contribution in [-0.4, -0.2) is 44.7 Å². The summed E-state index contributed by atoms with van der Waals surface area (Å²) in [5.74, 6) is -3.94. The maximum atomic E-state index is 11.5. The highest BCUT2D eigenvalue weighted by Crippen LogP contribution is 2.26. The molecule has 0 aromatic heterocycles. The van der Waals surface area contributed by atoms with Crippen LogP contribution in [0.25, 0.3) is 0 Å². The van der Waals surface area contributed by atoms with Crippen molar-refractivity contribution < 1.29 is 34.5 Å². The monoisotopic (exact) mass is 301 g/mol. The summed E-state index contributed by atoms with van der Waals surface area (Å²) in [5.41, 5.74) is -1.19. The predicted molar refractivity (Wildman–Crippen MR) is 71.7 cm³/mol. The minimum absolute atomic E-state index is 0.0531. The molecule has 118 valence electrons. The highest BCUT2D eigenvalue weighted by Gasteiger charge is 2.33. The van der Waals surface area contributed by atoms with Gasteiger partial charge in [0, 0.05) is 24.8 Å². The summed E-state index contributed by atoms with van der Waals surface area (Å²) >= 11 is 0. The molecule has 0 spiro atoms. The molecule has 0 saturated heterocycles. The molecule has 8 nitrogen and oxygen atoms in total. The zero-order valence-electron chi connectivity index (χ0n) is 11.5. The van der Waals surface area contributed by atoms with Crippen LogP contribution in [0.15, 0.2) is 12.7 Å². The molecule has 21 heavy (non-hydrogen) atoms. The normalized spacial score (nSPS) is 10.7. The third-order valence-electron chi connectivity index (χ3n) is 3.03. The minimum atomic E-state index is -1.19. The maximum Gasteiger partial charge on any atom is 0.303 e. The van der Waals surface area contributed by atoms with E-state index in [9.17, 15) is 19.2 Å². The van der Waals surface area contributed by atoms with Crippen LogP contribution in [-0.2, 0) is 19.2 Å². The van der Waals surface area contributed by atoms with Crippen molar-refractivity contribution in [2.24, 2.45) is 0 Å². The number of hydrogen-bond donors (Lipinski definition) is 4. The van der Waals surface area contributed by atoms with Crippen LogP contribution in [0.4, 0.5) is 0 Å². The Kier molecular flexibility index (Phi) is 7.74. The average Bonchev–Trinajstić information content (AvgIpc) is 2.40.